The van der Waals surface area contributed by atoms with E-state index in [1.807, 2.05) is 31.2 Å². The second kappa shape index (κ2) is 13.5. The summed E-state index contributed by atoms with van der Waals surface area (Å²) in [5.41, 5.74) is 3.45. The van der Waals surface area contributed by atoms with Gasteiger partial charge >= 0.3 is 11.9 Å². The van der Waals surface area contributed by atoms with E-state index in [0.29, 0.717) is 42.3 Å². The molecule has 1 amide bonds. The number of ether oxygens (including phenoxy) is 2. The number of amides is 1. The molecule has 4 rings (SSSR count). The first-order valence-corrected chi connectivity index (χ1v) is 13.4. The molecule has 0 radical (unpaired) electrons. The number of unbranched alkanes of at least 4 members (excludes halogenated alkanes) is 1. The Labute approximate surface area is 233 Å². The number of hydrogen-bond donors (Lipinski definition) is 3. The Balaban J connectivity index is 1.39. The van der Waals surface area contributed by atoms with E-state index in [9.17, 15) is 19.5 Å². The number of aryl methyl sites for hydroxylation is 2. The van der Waals surface area contributed by atoms with Crippen LogP contribution in [0.25, 0.3) is 0 Å². The van der Waals surface area contributed by atoms with Gasteiger partial charge in [-0.2, -0.15) is 0 Å². The molecule has 9 heteroatoms. The number of carboxylic acids is 2. The second-order valence-corrected chi connectivity index (χ2v) is 9.76. The molecule has 9 nitrogen and oxygen atoms in total. The molecule has 0 spiro atoms. The Morgan fingerprint density at radius 2 is 1.80 bits per heavy atom. The highest BCUT2D eigenvalue weighted by molar-refractivity contribution is 6.06. The molecular weight excluding hydrogens is 512 g/mol. The molecule has 3 aromatic rings. The molecule has 40 heavy (non-hydrogen) atoms. The Kier molecular flexibility index (Phi) is 9.62. The standard InChI is InChI=1S/C31H34N2O7/c1-21-19-23(39-18-6-5-11-22-9-3-2-4-10-22)15-16-24(21)30(36)32-25-12-7-13-26-29(25)40-27(31(37)38)20-33(26)17-8-14-28(34)35/h2-4,7,9-10,12-13,15-16,19,27H,5-6,8,11,14,17-18,20H2,1H3,(H,32,36)(H,34,35)(H,37,38). The Bertz CT molecular complexity index is 1340. The number of carbonyl (C=O) groups is 3. The van der Waals surface area contributed by atoms with E-state index < -0.39 is 18.0 Å². The van der Waals surface area contributed by atoms with Gasteiger partial charge in [-0.15, -0.1) is 0 Å². The number of carboxylic acid groups (broad SMARTS) is 2. The van der Waals surface area contributed by atoms with Crippen molar-refractivity contribution in [1.29, 1.82) is 0 Å². The first-order chi connectivity index (χ1) is 19.3. The number of rotatable bonds is 13. The van der Waals surface area contributed by atoms with Gasteiger partial charge in [-0.3, -0.25) is 9.59 Å². The van der Waals surface area contributed by atoms with Gasteiger partial charge in [-0.1, -0.05) is 36.4 Å². The largest absolute Gasteiger partial charge is 0.494 e. The van der Waals surface area contributed by atoms with Crippen molar-refractivity contribution >= 4 is 29.2 Å². The summed E-state index contributed by atoms with van der Waals surface area (Å²) in [6, 6.07) is 20.8. The van der Waals surface area contributed by atoms with Gasteiger partial charge < -0.3 is 29.9 Å². The van der Waals surface area contributed by atoms with Crippen molar-refractivity contribution < 1.29 is 34.1 Å². The van der Waals surface area contributed by atoms with Crippen molar-refractivity contribution in [2.45, 2.75) is 45.1 Å². The quantitative estimate of drug-likeness (QED) is 0.251. The minimum Gasteiger partial charge on any atom is -0.494 e. The zero-order valence-electron chi connectivity index (χ0n) is 22.5. The van der Waals surface area contributed by atoms with Crippen LogP contribution in [0.2, 0.25) is 0 Å². The summed E-state index contributed by atoms with van der Waals surface area (Å²) in [5, 5.41) is 21.4. The van der Waals surface area contributed by atoms with Crippen molar-refractivity contribution in [2.75, 3.05) is 29.9 Å². The van der Waals surface area contributed by atoms with Crippen LogP contribution in [0.3, 0.4) is 0 Å². The van der Waals surface area contributed by atoms with Gasteiger partial charge in [0.05, 0.1) is 24.5 Å². The van der Waals surface area contributed by atoms with Gasteiger partial charge in [0.2, 0.25) is 6.10 Å². The van der Waals surface area contributed by atoms with Gasteiger partial charge in [-0.25, -0.2) is 4.79 Å². The van der Waals surface area contributed by atoms with Crippen LogP contribution in [0.4, 0.5) is 11.4 Å². The highest BCUT2D eigenvalue weighted by atomic mass is 16.5. The monoisotopic (exact) mass is 546 g/mol. The second-order valence-electron chi connectivity index (χ2n) is 9.76. The number of fused-ring (bicyclic) bond motifs is 1. The molecule has 0 fully saturated rings. The van der Waals surface area contributed by atoms with Crippen LogP contribution in [-0.2, 0) is 16.0 Å². The number of benzene rings is 3. The number of para-hydroxylation sites is 1. The number of aliphatic carboxylic acids is 2. The number of anilines is 2. The summed E-state index contributed by atoms with van der Waals surface area (Å²) in [4.78, 5) is 37.7. The van der Waals surface area contributed by atoms with Crippen LogP contribution >= 0.6 is 0 Å². The summed E-state index contributed by atoms with van der Waals surface area (Å²) in [6.07, 6.45) is 2.10. The highest BCUT2D eigenvalue weighted by Gasteiger charge is 2.32. The molecular formula is C31H34N2O7. The lowest BCUT2D eigenvalue weighted by atomic mass is 10.1. The molecule has 0 saturated carbocycles. The van der Waals surface area contributed by atoms with Crippen molar-refractivity contribution in [1.82, 2.24) is 0 Å². The zero-order valence-corrected chi connectivity index (χ0v) is 22.5. The number of carbonyl (C=O) groups excluding carboxylic acids is 1. The van der Waals surface area contributed by atoms with Gasteiger partial charge in [0.25, 0.3) is 5.91 Å². The van der Waals surface area contributed by atoms with E-state index in [1.54, 1.807) is 35.2 Å². The van der Waals surface area contributed by atoms with Gasteiger partial charge in [-0.05, 0) is 74.1 Å². The fraction of sp³-hybridized carbons (Fsp3) is 0.323. The fourth-order valence-corrected chi connectivity index (χ4v) is 4.67. The fourth-order valence-electron chi connectivity index (χ4n) is 4.67. The van der Waals surface area contributed by atoms with Crippen molar-refractivity contribution in [3.63, 3.8) is 0 Å². The molecule has 0 aliphatic carbocycles. The van der Waals surface area contributed by atoms with E-state index >= 15 is 0 Å². The van der Waals surface area contributed by atoms with Crippen LogP contribution in [0.5, 0.6) is 11.5 Å². The maximum atomic E-state index is 13.2. The maximum Gasteiger partial charge on any atom is 0.346 e. The predicted octanol–water partition coefficient (Wildman–Crippen LogP) is 5.17. The molecule has 0 bridgehead atoms. The normalized spacial score (nSPS) is 14.1. The van der Waals surface area contributed by atoms with Gasteiger partial charge in [0.15, 0.2) is 5.75 Å². The van der Waals surface area contributed by atoms with Crippen LogP contribution in [0.1, 0.15) is 47.2 Å². The molecule has 1 atom stereocenters. The third-order valence-electron chi connectivity index (χ3n) is 6.74. The lowest BCUT2D eigenvalue weighted by Gasteiger charge is -2.35. The lowest BCUT2D eigenvalue weighted by Crippen LogP contribution is -2.45. The zero-order chi connectivity index (χ0) is 28.5. The number of nitrogens with one attached hydrogen (secondary N) is 1. The van der Waals surface area contributed by atoms with Crippen molar-refractivity contribution in [3.05, 3.63) is 83.4 Å². The summed E-state index contributed by atoms with van der Waals surface area (Å²) < 4.78 is 11.7. The molecule has 1 aliphatic heterocycles. The Hall–Kier alpha value is -4.53. The van der Waals surface area contributed by atoms with Crippen LogP contribution in [0, 0.1) is 6.92 Å². The first kappa shape index (κ1) is 28.5. The molecule has 0 aromatic heterocycles. The summed E-state index contributed by atoms with van der Waals surface area (Å²) in [7, 11) is 0. The lowest BCUT2D eigenvalue weighted by molar-refractivity contribution is -0.145. The third kappa shape index (κ3) is 7.53. The van der Waals surface area contributed by atoms with Crippen LogP contribution in [0.15, 0.2) is 66.7 Å². The molecule has 210 valence electrons. The molecule has 1 unspecified atom stereocenters. The van der Waals surface area contributed by atoms with Crippen LogP contribution in [-0.4, -0.2) is 53.9 Å². The highest BCUT2D eigenvalue weighted by Crippen LogP contribution is 2.40. The van der Waals surface area contributed by atoms with E-state index in [0.717, 1.165) is 24.8 Å². The molecule has 1 heterocycles. The van der Waals surface area contributed by atoms with Crippen molar-refractivity contribution in [3.8, 4) is 11.5 Å². The molecule has 3 N–H and O–H groups in total. The number of nitrogens with zero attached hydrogens (tertiary/aromatic N) is 1. The third-order valence-corrected chi connectivity index (χ3v) is 6.74. The van der Waals surface area contributed by atoms with E-state index in [2.05, 4.69) is 17.4 Å². The van der Waals surface area contributed by atoms with E-state index in [4.69, 9.17) is 14.6 Å². The molecule has 3 aromatic carbocycles. The summed E-state index contributed by atoms with van der Waals surface area (Å²) >= 11 is 0. The van der Waals surface area contributed by atoms with Crippen molar-refractivity contribution in [2.24, 2.45) is 0 Å². The minimum atomic E-state index is -1.15. The summed E-state index contributed by atoms with van der Waals surface area (Å²) in [5.74, 6) is -1.48. The summed E-state index contributed by atoms with van der Waals surface area (Å²) in [6.45, 7) is 2.83. The Morgan fingerprint density at radius 3 is 2.52 bits per heavy atom. The number of hydrogen-bond acceptors (Lipinski definition) is 6. The minimum absolute atomic E-state index is 0.0342. The average molecular weight is 547 g/mol. The topological polar surface area (TPSA) is 125 Å². The van der Waals surface area contributed by atoms with Crippen LogP contribution < -0.4 is 19.7 Å². The average Bonchev–Trinajstić information content (AvgIpc) is 2.93. The predicted molar refractivity (Wildman–Crippen MR) is 152 cm³/mol. The van der Waals surface area contributed by atoms with Gasteiger partial charge in [0, 0.05) is 18.5 Å². The van der Waals surface area contributed by atoms with Gasteiger partial charge in [0.1, 0.15) is 5.75 Å². The SMILES string of the molecule is Cc1cc(OCCCCc2ccccc2)ccc1C(=O)Nc1cccc2c1OC(C(=O)O)CN2CCCC(=O)O. The first-order valence-electron chi connectivity index (χ1n) is 13.4. The smallest absolute Gasteiger partial charge is 0.346 e. The van der Waals surface area contributed by atoms with E-state index in [1.165, 1.54) is 5.56 Å². The Morgan fingerprint density at radius 1 is 1.00 bits per heavy atom. The maximum absolute atomic E-state index is 13.2. The molecule has 0 saturated heterocycles. The molecule has 1 aliphatic rings. The van der Waals surface area contributed by atoms with E-state index in [-0.39, 0.29) is 24.6 Å².